The topological polar surface area (TPSA) is 149 Å². The van der Waals surface area contributed by atoms with Crippen LogP contribution in [0.15, 0.2) is 29.4 Å². The van der Waals surface area contributed by atoms with Crippen LogP contribution in [-0.4, -0.2) is 43.6 Å². The van der Waals surface area contributed by atoms with Gasteiger partial charge in [0.1, 0.15) is 10.8 Å². The van der Waals surface area contributed by atoms with Crippen molar-refractivity contribution in [3.05, 3.63) is 45.8 Å². The molecular weight excluding hydrogens is 424 g/mol. The Labute approximate surface area is 181 Å². The molecule has 1 aromatic heterocycles. The number of fused-ring (bicyclic) bond motifs is 1. The third-order valence-electron chi connectivity index (χ3n) is 4.39. The standard InChI is InChI=1S/C20H20N4O6S/c1-29-20(28)16-13-3-2-4-14(13)31-19(16)23-17(26)18(27)24-22-9-11-5-7-12(8-6-11)30-10-15(21)25/h5-9H,2-4,10H2,1H3,(H2,21,25)(H,23,26)(H,24,27)/b22-9+. The second-order valence-corrected chi connectivity index (χ2v) is 7.64. The molecule has 1 aliphatic carbocycles. The van der Waals surface area contributed by atoms with E-state index in [1.165, 1.54) is 24.7 Å². The van der Waals surface area contributed by atoms with Crippen molar-refractivity contribution < 1.29 is 28.7 Å². The lowest BCUT2D eigenvalue weighted by Crippen LogP contribution is -2.32. The predicted octanol–water partition coefficient (Wildman–Crippen LogP) is 0.976. The molecule has 0 saturated heterocycles. The van der Waals surface area contributed by atoms with Crippen molar-refractivity contribution in [2.75, 3.05) is 19.0 Å². The van der Waals surface area contributed by atoms with E-state index in [1.807, 2.05) is 0 Å². The van der Waals surface area contributed by atoms with Crippen LogP contribution in [0.1, 0.15) is 32.8 Å². The van der Waals surface area contributed by atoms with Crippen LogP contribution in [0.3, 0.4) is 0 Å². The van der Waals surface area contributed by atoms with Crippen molar-refractivity contribution in [2.24, 2.45) is 10.8 Å². The van der Waals surface area contributed by atoms with E-state index in [0.29, 0.717) is 21.9 Å². The number of anilines is 1. The molecule has 0 atom stereocenters. The van der Waals surface area contributed by atoms with Crippen molar-refractivity contribution in [3.8, 4) is 5.75 Å². The second kappa shape index (κ2) is 9.85. The Bertz CT molecular complexity index is 1040. The van der Waals surface area contributed by atoms with Crippen LogP contribution in [0, 0.1) is 0 Å². The van der Waals surface area contributed by atoms with Gasteiger partial charge < -0.3 is 20.5 Å². The summed E-state index contributed by atoms with van der Waals surface area (Å²) in [5.74, 6) is -2.61. The number of hydrazone groups is 1. The summed E-state index contributed by atoms with van der Waals surface area (Å²) in [5, 5.41) is 6.51. The number of nitrogens with zero attached hydrogens (tertiary/aromatic N) is 1. The Kier molecular flexibility index (Phi) is 6.98. The molecule has 3 rings (SSSR count). The Hall–Kier alpha value is -3.73. The molecule has 1 heterocycles. The Morgan fingerprint density at radius 3 is 2.58 bits per heavy atom. The monoisotopic (exact) mass is 444 g/mol. The number of benzene rings is 1. The van der Waals surface area contributed by atoms with E-state index in [4.69, 9.17) is 15.2 Å². The third-order valence-corrected chi connectivity index (χ3v) is 5.59. The van der Waals surface area contributed by atoms with Gasteiger partial charge in [-0.3, -0.25) is 14.4 Å². The molecule has 0 fully saturated rings. The maximum atomic E-state index is 12.2. The normalized spacial score (nSPS) is 12.3. The van der Waals surface area contributed by atoms with Crippen LogP contribution in [0.25, 0.3) is 0 Å². The molecule has 10 nitrogen and oxygen atoms in total. The van der Waals surface area contributed by atoms with Crippen molar-refractivity contribution in [1.82, 2.24) is 5.43 Å². The largest absolute Gasteiger partial charge is 0.484 e. The molecule has 3 amide bonds. The third kappa shape index (κ3) is 5.45. The number of hydrogen-bond acceptors (Lipinski definition) is 8. The van der Waals surface area contributed by atoms with Gasteiger partial charge in [0.15, 0.2) is 6.61 Å². The molecule has 4 N–H and O–H groups in total. The van der Waals surface area contributed by atoms with Crippen LogP contribution < -0.4 is 21.2 Å². The molecular formula is C20H20N4O6S. The molecule has 0 spiro atoms. The minimum atomic E-state index is -0.984. The quantitative estimate of drug-likeness (QED) is 0.251. The molecule has 0 aliphatic heterocycles. The number of ether oxygens (including phenoxy) is 2. The summed E-state index contributed by atoms with van der Waals surface area (Å²) in [7, 11) is 1.27. The SMILES string of the molecule is COC(=O)c1c(NC(=O)C(=O)N/N=C/c2ccc(OCC(N)=O)cc2)sc2c1CCC2. The number of nitrogens with one attached hydrogen (secondary N) is 2. The first-order valence-electron chi connectivity index (χ1n) is 9.27. The highest BCUT2D eigenvalue weighted by atomic mass is 32.1. The molecule has 0 unspecified atom stereocenters. The van der Waals surface area contributed by atoms with E-state index in [1.54, 1.807) is 24.3 Å². The average molecular weight is 444 g/mol. The molecule has 0 bridgehead atoms. The Morgan fingerprint density at radius 1 is 1.16 bits per heavy atom. The minimum Gasteiger partial charge on any atom is -0.484 e. The molecule has 0 saturated carbocycles. The van der Waals surface area contributed by atoms with Crippen molar-refractivity contribution in [2.45, 2.75) is 19.3 Å². The number of amides is 3. The maximum Gasteiger partial charge on any atom is 0.341 e. The van der Waals surface area contributed by atoms with Crippen molar-refractivity contribution in [3.63, 3.8) is 0 Å². The second-order valence-electron chi connectivity index (χ2n) is 6.53. The minimum absolute atomic E-state index is 0.233. The number of aryl methyl sites for hydroxylation is 1. The van der Waals surface area contributed by atoms with Gasteiger partial charge in [0.2, 0.25) is 0 Å². The summed E-state index contributed by atoms with van der Waals surface area (Å²) >= 11 is 1.27. The zero-order valence-corrected chi connectivity index (χ0v) is 17.4. The summed E-state index contributed by atoms with van der Waals surface area (Å²) in [6.45, 7) is -0.233. The highest BCUT2D eigenvalue weighted by Crippen LogP contribution is 2.39. The summed E-state index contributed by atoms with van der Waals surface area (Å²) in [6, 6.07) is 6.48. The molecule has 1 aliphatic rings. The van der Waals surface area contributed by atoms with Gasteiger partial charge >= 0.3 is 17.8 Å². The average Bonchev–Trinajstić information content (AvgIpc) is 3.33. The Morgan fingerprint density at radius 2 is 1.90 bits per heavy atom. The molecule has 162 valence electrons. The number of esters is 1. The summed E-state index contributed by atoms with van der Waals surface area (Å²) in [5.41, 5.74) is 8.94. The van der Waals surface area contributed by atoms with Crippen LogP contribution in [0.4, 0.5) is 5.00 Å². The molecule has 31 heavy (non-hydrogen) atoms. The summed E-state index contributed by atoms with van der Waals surface area (Å²) < 4.78 is 9.95. The van der Waals surface area contributed by atoms with E-state index in [9.17, 15) is 19.2 Å². The molecule has 1 aromatic carbocycles. The van der Waals surface area contributed by atoms with E-state index in [0.717, 1.165) is 29.7 Å². The summed E-state index contributed by atoms with van der Waals surface area (Å²) in [6.07, 6.45) is 3.83. The number of methoxy groups -OCH3 is 1. The maximum absolute atomic E-state index is 12.2. The number of hydrogen-bond donors (Lipinski definition) is 3. The number of rotatable bonds is 7. The number of carbonyl (C=O) groups excluding carboxylic acids is 4. The number of thiophene rings is 1. The zero-order valence-electron chi connectivity index (χ0n) is 16.6. The fourth-order valence-electron chi connectivity index (χ4n) is 2.99. The number of carbonyl (C=O) groups is 4. The van der Waals surface area contributed by atoms with Gasteiger partial charge in [-0.15, -0.1) is 11.3 Å². The first kappa shape index (κ1) is 22.0. The Balaban J connectivity index is 1.57. The predicted molar refractivity (Wildman–Crippen MR) is 113 cm³/mol. The lowest BCUT2D eigenvalue weighted by molar-refractivity contribution is -0.136. The van der Waals surface area contributed by atoms with Crippen LogP contribution >= 0.6 is 11.3 Å². The highest BCUT2D eigenvalue weighted by molar-refractivity contribution is 7.17. The highest BCUT2D eigenvalue weighted by Gasteiger charge is 2.29. The number of primary amides is 1. The van der Waals surface area contributed by atoms with Crippen LogP contribution in [0.5, 0.6) is 5.75 Å². The lowest BCUT2D eigenvalue weighted by atomic mass is 10.1. The smallest absolute Gasteiger partial charge is 0.341 e. The van der Waals surface area contributed by atoms with Gasteiger partial charge in [0, 0.05) is 4.88 Å². The molecule has 0 radical (unpaired) electrons. The fraction of sp³-hybridized carbons (Fsp3) is 0.250. The molecule has 11 heteroatoms. The fourth-order valence-corrected chi connectivity index (χ4v) is 4.26. The van der Waals surface area contributed by atoms with E-state index < -0.39 is 23.7 Å². The van der Waals surface area contributed by atoms with Gasteiger partial charge in [0.25, 0.3) is 5.91 Å². The van der Waals surface area contributed by atoms with Gasteiger partial charge in [-0.25, -0.2) is 10.2 Å². The zero-order chi connectivity index (χ0) is 22.4. The van der Waals surface area contributed by atoms with Gasteiger partial charge in [-0.2, -0.15) is 5.10 Å². The van der Waals surface area contributed by atoms with E-state index in [2.05, 4.69) is 15.8 Å². The van der Waals surface area contributed by atoms with Crippen molar-refractivity contribution >= 4 is 46.2 Å². The van der Waals surface area contributed by atoms with E-state index in [-0.39, 0.29) is 6.61 Å². The van der Waals surface area contributed by atoms with Crippen LogP contribution in [-0.2, 0) is 32.0 Å². The molecule has 2 aromatic rings. The summed E-state index contributed by atoms with van der Waals surface area (Å²) in [4.78, 5) is 48.1. The van der Waals surface area contributed by atoms with E-state index >= 15 is 0 Å². The van der Waals surface area contributed by atoms with Gasteiger partial charge in [-0.05, 0) is 54.7 Å². The lowest BCUT2D eigenvalue weighted by Gasteiger charge is -2.06. The van der Waals surface area contributed by atoms with Crippen molar-refractivity contribution in [1.29, 1.82) is 0 Å². The van der Waals surface area contributed by atoms with Gasteiger partial charge in [0.05, 0.1) is 18.9 Å². The van der Waals surface area contributed by atoms with Crippen LogP contribution in [0.2, 0.25) is 0 Å². The first-order chi connectivity index (χ1) is 14.9. The first-order valence-corrected chi connectivity index (χ1v) is 10.1. The number of nitrogens with two attached hydrogens (primary N) is 1. The van der Waals surface area contributed by atoms with Gasteiger partial charge in [-0.1, -0.05) is 0 Å².